The van der Waals surface area contributed by atoms with E-state index in [2.05, 4.69) is 5.32 Å². The molecule has 3 N–H and O–H groups in total. The number of carbonyl (C=O) groups is 1. The van der Waals surface area contributed by atoms with E-state index in [0.717, 1.165) is 11.1 Å². The van der Waals surface area contributed by atoms with Crippen LogP contribution in [0.2, 0.25) is 10.0 Å². The van der Waals surface area contributed by atoms with Crippen molar-refractivity contribution in [1.82, 2.24) is 5.32 Å². The molecule has 0 saturated carbocycles. The molecule has 2 rings (SSSR count). The second-order valence-corrected chi connectivity index (χ2v) is 5.55. The lowest BCUT2D eigenvalue weighted by Gasteiger charge is -2.12. The first-order chi connectivity index (χ1) is 10.6. The molecule has 4 nitrogen and oxygen atoms in total. The lowest BCUT2D eigenvalue weighted by molar-refractivity contribution is -0.119. The molecular weight excluding hydrogens is 323 g/mol. The number of nitrogens with two attached hydrogens (primary N) is 1. The minimum atomic E-state index is -0.523. The molecule has 2 aromatic rings. The number of ether oxygens (including phenoxy) is 1. The van der Waals surface area contributed by atoms with Crippen LogP contribution in [0.25, 0.3) is 0 Å². The molecule has 22 heavy (non-hydrogen) atoms. The molecule has 116 valence electrons. The molecule has 0 bridgehead atoms. The van der Waals surface area contributed by atoms with Crippen molar-refractivity contribution < 1.29 is 9.53 Å². The van der Waals surface area contributed by atoms with Gasteiger partial charge in [0.2, 0.25) is 0 Å². The Bertz CT molecular complexity index is 662. The van der Waals surface area contributed by atoms with E-state index in [1.165, 1.54) is 0 Å². The summed E-state index contributed by atoms with van der Waals surface area (Å²) in [6, 6.07) is 12.8. The normalized spacial score (nSPS) is 10.5. The Morgan fingerprint density at radius 3 is 2.55 bits per heavy atom. The lowest BCUT2D eigenvalue weighted by Crippen LogP contribution is -2.21. The van der Waals surface area contributed by atoms with E-state index in [4.69, 9.17) is 33.7 Å². The second-order valence-electron chi connectivity index (χ2n) is 4.70. The molecule has 0 heterocycles. The van der Waals surface area contributed by atoms with E-state index < -0.39 is 5.91 Å². The van der Waals surface area contributed by atoms with E-state index in [9.17, 15) is 4.79 Å². The average molecular weight is 339 g/mol. The van der Waals surface area contributed by atoms with Crippen LogP contribution in [0.15, 0.2) is 42.5 Å². The fourth-order valence-electron chi connectivity index (χ4n) is 1.95. The highest BCUT2D eigenvalue weighted by atomic mass is 35.5. The number of benzene rings is 2. The lowest BCUT2D eigenvalue weighted by atomic mass is 10.2. The number of hydrogen-bond donors (Lipinski definition) is 2. The Kier molecular flexibility index (Phi) is 6.07. The van der Waals surface area contributed by atoms with Gasteiger partial charge >= 0.3 is 0 Å². The molecule has 0 radical (unpaired) electrons. The second kappa shape index (κ2) is 8.03. The van der Waals surface area contributed by atoms with Crippen LogP contribution < -0.4 is 15.8 Å². The Morgan fingerprint density at radius 1 is 1.09 bits per heavy atom. The van der Waals surface area contributed by atoms with Crippen LogP contribution in [0.5, 0.6) is 5.75 Å². The largest absolute Gasteiger partial charge is 0.483 e. The van der Waals surface area contributed by atoms with E-state index in [0.29, 0.717) is 28.9 Å². The van der Waals surface area contributed by atoms with Crippen LogP contribution in [0.1, 0.15) is 11.1 Å². The highest BCUT2D eigenvalue weighted by Gasteiger charge is 2.07. The average Bonchev–Trinajstić information content (AvgIpc) is 2.48. The summed E-state index contributed by atoms with van der Waals surface area (Å²) in [5.41, 5.74) is 6.95. The number of nitrogens with one attached hydrogen (secondary N) is 1. The van der Waals surface area contributed by atoms with Crippen LogP contribution in [-0.4, -0.2) is 12.5 Å². The van der Waals surface area contributed by atoms with Gasteiger partial charge in [-0.15, -0.1) is 0 Å². The standard InChI is InChI=1S/C16H16Cl2N2O2/c17-13-5-6-15(22-10-16(19)21)12(7-13)9-20-8-11-3-1-2-4-14(11)18/h1-7,20H,8-10H2,(H2,19,21). The fraction of sp³-hybridized carbons (Fsp3) is 0.188. The maximum absolute atomic E-state index is 10.8. The van der Waals surface area contributed by atoms with Gasteiger partial charge in [-0.2, -0.15) is 0 Å². The predicted molar refractivity (Wildman–Crippen MR) is 88.1 cm³/mol. The van der Waals surface area contributed by atoms with Gasteiger partial charge in [0.05, 0.1) is 0 Å². The van der Waals surface area contributed by atoms with Gasteiger partial charge in [0.15, 0.2) is 6.61 Å². The molecule has 0 aliphatic heterocycles. The van der Waals surface area contributed by atoms with Crippen molar-refractivity contribution in [3.05, 3.63) is 63.6 Å². The van der Waals surface area contributed by atoms with E-state index in [1.54, 1.807) is 18.2 Å². The van der Waals surface area contributed by atoms with Gasteiger partial charge in [-0.25, -0.2) is 0 Å². The zero-order valence-corrected chi connectivity index (χ0v) is 13.3. The molecule has 0 aliphatic carbocycles. The van der Waals surface area contributed by atoms with Gasteiger partial charge in [-0.3, -0.25) is 4.79 Å². The Morgan fingerprint density at radius 2 is 1.82 bits per heavy atom. The van der Waals surface area contributed by atoms with Crippen molar-refractivity contribution in [3.63, 3.8) is 0 Å². The van der Waals surface area contributed by atoms with Gasteiger partial charge in [0.25, 0.3) is 5.91 Å². The summed E-state index contributed by atoms with van der Waals surface area (Å²) in [6.45, 7) is 0.973. The smallest absolute Gasteiger partial charge is 0.255 e. The summed E-state index contributed by atoms with van der Waals surface area (Å²) in [5, 5.41) is 4.59. The molecule has 1 amide bonds. The maximum Gasteiger partial charge on any atom is 0.255 e. The molecule has 6 heteroatoms. The van der Waals surface area contributed by atoms with E-state index in [1.807, 2.05) is 24.3 Å². The summed E-state index contributed by atoms with van der Waals surface area (Å²) in [6.07, 6.45) is 0. The SMILES string of the molecule is NC(=O)COc1ccc(Cl)cc1CNCc1ccccc1Cl. The zero-order valence-electron chi connectivity index (χ0n) is 11.8. The molecule has 0 unspecified atom stereocenters. The van der Waals surface area contributed by atoms with Crippen molar-refractivity contribution in [2.45, 2.75) is 13.1 Å². The monoisotopic (exact) mass is 338 g/mol. The van der Waals surface area contributed by atoms with Gasteiger partial charge in [-0.1, -0.05) is 41.4 Å². The Labute approximate surface area is 139 Å². The van der Waals surface area contributed by atoms with Crippen molar-refractivity contribution in [2.75, 3.05) is 6.61 Å². The van der Waals surface area contributed by atoms with Gasteiger partial charge in [0, 0.05) is 28.7 Å². The quantitative estimate of drug-likeness (QED) is 0.815. The summed E-state index contributed by atoms with van der Waals surface area (Å²) in [4.78, 5) is 10.8. The number of carbonyl (C=O) groups excluding carboxylic acids is 1. The van der Waals surface area contributed by atoms with Crippen LogP contribution in [0.4, 0.5) is 0 Å². The molecule has 2 aromatic carbocycles. The van der Waals surface area contributed by atoms with Crippen molar-refractivity contribution in [2.24, 2.45) is 5.73 Å². The first kappa shape index (κ1) is 16.6. The molecule has 0 aliphatic rings. The molecule has 0 saturated heterocycles. The third-order valence-electron chi connectivity index (χ3n) is 2.98. The van der Waals surface area contributed by atoms with Gasteiger partial charge < -0.3 is 15.8 Å². The van der Waals surface area contributed by atoms with Crippen molar-refractivity contribution >= 4 is 29.1 Å². The molecule has 0 fully saturated rings. The van der Waals surface area contributed by atoms with Crippen molar-refractivity contribution in [3.8, 4) is 5.75 Å². The zero-order chi connectivity index (χ0) is 15.9. The van der Waals surface area contributed by atoms with Crippen LogP contribution in [0.3, 0.4) is 0 Å². The summed E-state index contributed by atoms with van der Waals surface area (Å²) < 4.78 is 5.38. The predicted octanol–water partition coefficient (Wildman–Crippen LogP) is 3.15. The topological polar surface area (TPSA) is 64.4 Å². The highest BCUT2D eigenvalue weighted by Crippen LogP contribution is 2.23. The Hall–Kier alpha value is -1.75. The van der Waals surface area contributed by atoms with Crippen LogP contribution in [-0.2, 0) is 17.9 Å². The fourth-order valence-corrected chi connectivity index (χ4v) is 2.35. The number of primary amides is 1. The molecule has 0 spiro atoms. The first-order valence-corrected chi connectivity index (χ1v) is 7.45. The number of rotatable bonds is 7. The highest BCUT2D eigenvalue weighted by molar-refractivity contribution is 6.31. The minimum Gasteiger partial charge on any atom is -0.483 e. The van der Waals surface area contributed by atoms with Crippen LogP contribution in [0, 0.1) is 0 Å². The number of hydrogen-bond acceptors (Lipinski definition) is 3. The summed E-state index contributed by atoms with van der Waals surface area (Å²) in [7, 11) is 0. The van der Waals surface area contributed by atoms with E-state index in [-0.39, 0.29) is 6.61 Å². The minimum absolute atomic E-state index is 0.168. The van der Waals surface area contributed by atoms with Gasteiger partial charge in [0.1, 0.15) is 5.75 Å². The first-order valence-electron chi connectivity index (χ1n) is 6.70. The molecule has 0 aromatic heterocycles. The third-order valence-corrected chi connectivity index (χ3v) is 3.59. The summed E-state index contributed by atoms with van der Waals surface area (Å²) >= 11 is 12.1. The van der Waals surface area contributed by atoms with Crippen LogP contribution >= 0.6 is 23.2 Å². The van der Waals surface area contributed by atoms with E-state index >= 15 is 0 Å². The maximum atomic E-state index is 10.8. The van der Waals surface area contributed by atoms with Crippen molar-refractivity contribution in [1.29, 1.82) is 0 Å². The third kappa shape index (κ3) is 4.91. The number of amides is 1. The molecule has 0 atom stereocenters. The Balaban J connectivity index is 2.00. The van der Waals surface area contributed by atoms with Gasteiger partial charge in [-0.05, 0) is 29.8 Å². The molecular formula is C16H16Cl2N2O2. The number of halogens is 2. The summed E-state index contributed by atoms with van der Waals surface area (Å²) in [5.74, 6) is 0.0554.